The number of hydrogen-bond acceptors (Lipinski definition) is 6. The van der Waals surface area contributed by atoms with Crippen LogP contribution in [0, 0.1) is 10.1 Å². The van der Waals surface area contributed by atoms with E-state index in [1.54, 1.807) is 18.2 Å². The molecule has 0 bridgehead atoms. The van der Waals surface area contributed by atoms with Crippen LogP contribution >= 0.6 is 23.2 Å². The van der Waals surface area contributed by atoms with Gasteiger partial charge >= 0.3 is 0 Å². The summed E-state index contributed by atoms with van der Waals surface area (Å²) in [5.74, 6) is -0.208. The number of nitro groups is 1. The molecule has 1 fully saturated rings. The second-order valence-electron chi connectivity index (χ2n) is 7.14. The third-order valence-corrected chi connectivity index (χ3v) is 5.66. The fourth-order valence-electron chi connectivity index (χ4n) is 3.56. The molecule has 1 heterocycles. The van der Waals surface area contributed by atoms with Crippen LogP contribution in [0.5, 0.6) is 11.5 Å². The maximum atomic E-state index is 13.5. The highest BCUT2D eigenvalue weighted by atomic mass is 35.5. The van der Waals surface area contributed by atoms with Crippen LogP contribution in [-0.2, 0) is 4.79 Å². The quantitative estimate of drug-likeness (QED) is 0.289. The zero-order valence-electron chi connectivity index (χ0n) is 17.2. The predicted octanol–water partition coefficient (Wildman–Crippen LogP) is 5.29. The number of carbonyl (C=O) groups is 1. The van der Waals surface area contributed by atoms with Gasteiger partial charge in [0.25, 0.3) is 11.6 Å². The minimum atomic E-state index is -0.666. The van der Waals surface area contributed by atoms with Gasteiger partial charge in [-0.1, -0.05) is 59.6 Å². The first kappa shape index (κ1) is 22.4. The van der Waals surface area contributed by atoms with Gasteiger partial charge in [0.1, 0.15) is 11.9 Å². The Labute approximate surface area is 198 Å². The Balaban J connectivity index is 1.83. The molecule has 3 aromatic rings. The number of amides is 1. The Kier molecular flexibility index (Phi) is 6.13. The van der Waals surface area contributed by atoms with E-state index in [4.69, 9.17) is 27.9 Å². The smallest absolute Gasteiger partial charge is 0.276 e. The van der Waals surface area contributed by atoms with Gasteiger partial charge in [0.15, 0.2) is 11.5 Å². The standard InChI is InChI=1S/C23H17Cl2N3O5/c1-33-20-10-13(7-8-19(20)29)9-18-23(30)27(22(26-18)14-5-3-2-4-6-14)21-16(24)11-15(28(31)32)12-17(21)25/h2-12,22,26,29H,1H3. The van der Waals surface area contributed by atoms with Crippen molar-refractivity contribution < 1.29 is 19.6 Å². The summed E-state index contributed by atoms with van der Waals surface area (Å²) in [7, 11) is 1.43. The minimum Gasteiger partial charge on any atom is -0.504 e. The van der Waals surface area contributed by atoms with Crippen molar-refractivity contribution in [1.82, 2.24) is 5.32 Å². The molecule has 1 unspecified atom stereocenters. The predicted molar refractivity (Wildman–Crippen MR) is 126 cm³/mol. The Morgan fingerprint density at radius 2 is 1.79 bits per heavy atom. The molecule has 1 amide bonds. The second-order valence-corrected chi connectivity index (χ2v) is 7.95. The van der Waals surface area contributed by atoms with Gasteiger partial charge in [-0.3, -0.25) is 19.8 Å². The van der Waals surface area contributed by atoms with E-state index >= 15 is 0 Å². The molecule has 0 aromatic heterocycles. The second kappa shape index (κ2) is 9.01. The van der Waals surface area contributed by atoms with Crippen LogP contribution in [0.25, 0.3) is 6.08 Å². The zero-order chi connectivity index (χ0) is 23.7. The van der Waals surface area contributed by atoms with Crippen molar-refractivity contribution in [1.29, 1.82) is 0 Å². The monoisotopic (exact) mass is 485 g/mol. The molecule has 10 heteroatoms. The van der Waals surface area contributed by atoms with E-state index in [2.05, 4.69) is 5.32 Å². The lowest BCUT2D eigenvalue weighted by Gasteiger charge is -2.25. The highest BCUT2D eigenvalue weighted by molar-refractivity contribution is 6.40. The molecule has 8 nitrogen and oxygen atoms in total. The van der Waals surface area contributed by atoms with E-state index < -0.39 is 17.0 Å². The van der Waals surface area contributed by atoms with Crippen LogP contribution < -0.4 is 15.0 Å². The zero-order valence-corrected chi connectivity index (χ0v) is 18.7. The lowest BCUT2D eigenvalue weighted by atomic mass is 10.1. The molecule has 1 aliphatic rings. The highest BCUT2D eigenvalue weighted by Gasteiger charge is 2.39. The molecular formula is C23H17Cl2N3O5. The molecule has 0 spiro atoms. The van der Waals surface area contributed by atoms with Crippen molar-refractivity contribution in [2.75, 3.05) is 12.0 Å². The normalized spacial score (nSPS) is 16.7. The summed E-state index contributed by atoms with van der Waals surface area (Å²) in [4.78, 5) is 25.4. The van der Waals surface area contributed by atoms with E-state index in [1.807, 2.05) is 30.3 Å². The maximum Gasteiger partial charge on any atom is 0.276 e. The van der Waals surface area contributed by atoms with E-state index in [0.29, 0.717) is 5.56 Å². The molecule has 3 aromatic carbocycles. The molecule has 2 N–H and O–H groups in total. The fraction of sp³-hybridized carbons (Fsp3) is 0.0870. The first-order valence-electron chi connectivity index (χ1n) is 9.67. The van der Waals surface area contributed by atoms with Gasteiger partial charge in [0.2, 0.25) is 0 Å². The van der Waals surface area contributed by atoms with Gasteiger partial charge in [-0.15, -0.1) is 0 Å². The number of nitrogens with one attached hydrogen (secondary N) is 1. The summed E-state index contributed by atoms with van der Waals surface area (Å²) in [5, 5.41) is 24.1. The van der Waals surface area contributed by atoms with Crippen LogP contribution in [0.1, 0.15) is 17.3 Å². The number of aromatic hydroxyl groups is 1. The lowest BCUT2D eigenvalue weighted by Crippen LogP contribution is -2.30. The summed E-state index contributed by atoms with van der Waals surface area (Å²) in [6.45, 7) is 0. The molecule has 4 rings (SSSR count). The average Bonchev–Trinajstić information content (AvgIpc) is 3.11. The van der Waals surface area contributed by atoms with Crippen molar-refractivity contribution in [2.24, 2.45) is 0 Å². The summed E-state index contributed by atoms with van der Waals surface area (Å²) < 4.78 is 5.13. The Morgan fingerprint density at radius 1 is 1.12 bits per heavy atom. The van der Waals surface area contributed by atoms with Crippen molar-refractivity contribution in [3.63, 3.8) is 0 Å². The van der Waals surface area contributed by atoms with Gasteiger partial charge in [-0.05, 0) is 29.3 Å². The van der Waals surface area contributed by atoms with E-state index in [1.165, 1.54) is 18.1 Å². The molecule has 0 saturated carbocycles. The first-order valence-corrected chi connectivity index (χ1v) is 10.4. The molecule has 0 aliphatic carbocycles. The Bertz CT molecular complexity index is 1260. The fourth-order valence-corrected chi connectivity index (χ4v) is 4.22. The number of nitro benzene ring substituents is 1. The number of nitrogens with zero attached hydrogens (tertiary/aromatic N) is 2. The van der Waals surface area contributed by atoms with E-state index in [-0.39, 0.29) is 38.6 Å². The number of ether oxygens (including phenoxy) is 1. The molecule has 1 atom stereocenters. The topological polar surface area (TPSA) is 105 Å². The van der Waals surface area contributed by atoms with Gasteiger partial charge in [-0.2, -0.15) is 0 Å². The average molecular weight is 486 g/mol. The number of methoxy groups -OCH3 is 1. The van der Waals surface area contributed by atoms with Crippen LogP contribution in [0.2, 0.25) is 10.0 Å². The first-order chi connectivity index (χ1) is 15.8. The lowest BCUT2D eigenvalue weighted by molar-refractivity contribution is -0.384. The summed E-state index contributed by atoms with van der Waals surface area (Å²) in [6, 6.07) is 16.1. The summed E-state index contributed by atoms with van der Waals surface area (Å²) in [5.41, 5.74) is 1.47. The Morgan fingerprint density at radius 3 is 2.39 bits per heavy atom. The summed E-state index contributed by atoms with van der Waals surface area (Å²) >= 11 is 12.7. The van der Waals surface area contributed by atoms with Crippen molar-refractivity contribution >= 4 is 46.6 Å². The highest BCUT2D eigenvalue weighted by Crippen LogP contribution is 2.43. The van der Waals surface area contributed by atoms with Gasteiger partial charge in [-0.25, -0.2) is 0 Å². The molecule has 0 radical (unpaired) electrons. The molecule has 33 heavy (non-hydrogen) atoms. The number of hydrogen-bond donors (Lipinski definition) is 2. The number of benzene rings is 3. The van der Waals surface area contributed by atoms with Crippen molar-refractivity contribution in [3.05, 3.63) is 97.6 Å². The maximum absolute atomic E-state index is 13.5. The van der Waals surface area contributed by atoms with E-state index in [9.17, 15) is 20.0 Å². The van der Waals surface area contributed by atoms with Crippen molar-refractivity contribution in [2.45, 2.75) is 6.17 Å². The number of rotatable bonds is 5. The summed E-state index contributed by atoms with van der Waals surface area (Å²) in [6.07, 6.45) is 0.938. The van der Waals surface area contributed by atoms with Crippen LogP contribution in [0.4, 0.5) is 11.4 Å². The number of phenols is 1. The van der Waals surface area contributed by atoms with Crippen LogP contribution in [-0.4, -0.2) is 23.0 Å². The minimum absolute atomic E-state index is 0.0291. The molecule has 1 aliphatic heterocycles. The molecule has 168 valence electrons. The third kappa shape index (κ3) is 4.30. The van der Waals surface area contributed by atoms with Crippen LogP contribution in [0.3, 0.4) is 0 Å². The van der Waals surface area contributed by atoms with Gasteiger partial charge < -0.3 is 15.2 Å². The molecular weight excluding hydrogens is 469 g/mol. The number of halogens is 2. The number of non-ortho nitro benzene ring substituents is 1. The van der Waals surface area contributed by atoms with E-state index in [0.717, 1.165) is 17.7 Å². The third-order valence-electron chi connectivity index (χ3n) is 5.08. The molecule has 1 saturated heterocycles. The Hall–Kier alpha value is -3.75. The largest absolute Gasteiger partial charge is 0.504 e. The number of carbonyl (C=O) groups excluding carboxylic acids is 1. The number of anilines is 1. The van der Waals surface area contributed by atoms with Crippen LogP contribution in [0.15, 0.2) is 66.4 Å². The van der Waals surface area contributed by atoms with Gasteiger partial charge in [0, 0.05) is 12.1 Å². The SMILES string of the molecule is COc1cc(C=C2NC(c3ccccc3)N(c3c(Cl)cc([N+](=O)[O-])cc3Cl)C2=O)ccc1O. The number of phenolic OH excluding ortho intramolecular Hbond substituents is 1. The van der Waals surface area contributed by atoms with Gasteiger partial charge in [0.05, 0.1) is 27.8 Å². The van der Waals surface area contributed by atoms with Crippen molar-refractivity contribution in [3.8, 4) is 11.5 Å².